The molecule has 0 radical (unpaired) electrons. The first-order valence-corrected chi connectivity index (χ1v) is 8.89. The summed E-state index contributed by atoms with van der Waals surface area (Å²) < 4.78 is 15.8. The number of anilines is 3. The molecule has 0 aliphatic rings. The van der Waals surface area contributed by atoms with Gasteiger partial charge in [-0.05, 0) is 59.8 Å². The van der Waals surface area contributed by atoms with Crippen LogP contribution in [0.15, 0.2) is 72.8 Å². The monoisotopic (exact) mass is 388 g/mol. The summed E-state index contributed by atoms with van der Waals surface area (Å²) >= 11 is 0. The van der Waals surface area contributed by atoms with Gasteiger partial charge in [-0.1, -0.05) is 30.3 Å². The zero-order valence-electron chi connectivity index (χ0n) is 15.5. The Hall–Kier alpha value is -4.07. The summed E-state index contributed by atoms with van der Waals surface area (Å²) in [6.45, 7) is 1.73. The van der Waals surface area contributed by atoms with E-state index >= 15 is 0 Å². The molecular weight excluding hydrogens is 371 g/mol. The molecule has 0 aliphatic carbocycles. The molecule has 0 saturated heterocycles. The van der Waals surface area contributed by atoms with Crippen molar-refractivity contribution < 1.29 is 9.18 Å². The van der Waals surface area contributed by atoms with Crippen LogP contribution in [-0.2, 0) is 0 Å². The maximum absolute atomic E-state index is 14.3. The molecule has 2 N–H and O–H groups in total. The number of benzene rings is 3. The van der Waals surface area contributed by atoms with Gasteiger partial charge in [0.05, 0.1) is 22.6 Å². The third-order valence-corrected chi connectivity index (χ3v) is 4.29. The summed E-state index contributed by atoms with van der Waals surface area (Å²) in [5, 5.41) is 17.1. The molecule has 4 rings (SSSR count). The van der Waals surface area contributed by atoms with Gasteiger partial charge in [-0.3, -0.25) is 4.79 Å². The molecule has 0 atom stereocenters. The summed E-state index contributed by atoms with van der Waals surface area (Å²) in [4.78, 5) is 12.9. The number of carbonyl (C=O) groups is 1. The van der Waals surface area contributed by atoms with Crippen molar-refractivity contribution in [3.05, 3.63) is 90.0 Å². The fraction of sp³-hybridized carbons (Fsp3) is 0.0476. The zero-order valence-corrected chi connectivity index (χ0v) is 15.5. The molecule has 3 aromatic carbocycles. The van der Waals surface area contributed by atoms with Crippen molar-refractivity contribution in [2.45, 2.75) is 6.92 Å². The Kier molecular flexibility index (Phi) is 4.98. The number of nitrogens with zero attached hydrogens (tertiary/aromatic N) is 4. The maximum Gasteiger partial charge on any atom is 0.257 e. The van der Waals surface area contributed by atoms with Crippen LogP contribution in [0, 0.1) is 12.7 Å². The Morgan fingerprint density at radius 2 is 1.72 bits per heavy atom. The highest BCUT2D eigenvalue weighted by atomic mass is 19.1. The standard InChI is InChI=1S/C21H17FN6O/c1-14-25-26-27-28(14)16-11-12-18(22)20(13-16)24-21(29)17-9-5-6-10-19(17)23-15-7-3-2-4-8-15/h2-13,23H,1H3,(H,24,29). The first-order valence-electron chi connectivity index (χ1n) is 8.89. The highest BCUT2D eigenvalue weighted by Gasteiger charge is 2.15. The van der Waals surface area contributed by atoms with Gasteiger partial charge in [0.2, 0.25) is 0 Å². The van der Waals surface area contributed by atoms with E-state index in [0.29, 0.717) is 22.8 Å². The SMILES string of the molecule is Cc1nnnn1-c1ccc(F)c(NC(=O)c2ccccc2Nc2ccccc2)c1. The number of carbonyl (C=O) groups excluding carboxylic acids is 1. The summed E-state index contributed by atoms with van der Waals surface area (Å²) in [7, 11) is 0. The van der Waals surface area contributed by atoms with Gasteiger partial charge < -0.3 is 10.6 Å². The zero-order chi connectivity index (χ0) is 20.2. The molecule has 7 nitrogen and oxygen atoms in total. The molecule has 0 spiro atoms. The molecule has 144 valence electrons. The summed E-state index contributed by atoms with van der Waals surface area (Å²) in [5.41, 5.74) is 2.43. The van der Waals surface area contributed by atoms with Gasteiger partial charge in [-0.25, -0.2) is 4.39 Å². The van der Waals surface area contributed by atoms with Crippen molar-refractivity contribution in [2.75, 3.05) is 10.6 Å². The van der Waals surface area contributed by atoms with E-state index in [2.05, 4.69) is 26.2 Å². The molecule has 29 heavy (non-hydrogen) atoms. The van der Waals surface area contributed by atoms with Gasteiger partial charge in [0.1, 0.15) is 5.82 Å². The Morgan fingerprint density at radius 3 is 2.48 bits per heavy atom. The van der Waals surface area contributed by atoms with E-state index in [1.807, 2.05) is 36.4 Å². The van der Waals surface area contributed by atoms with Crippen LogP contribution in [0.25, 0.3) is 5.69 Å². The summed E-state index contributed by atoms with van der Waals surface area (Å²) in [6.07, 6.45) is 0. The van der Waals surface area contributed by atoms with Crippen LogP contribution in [0.2, 0.25) is 0 Å². The van der Waals surface area contributed by atoms with E-state index in [1.165, 1.54) is 16.8 Å². The van der Waals surface area contributed by atoms with Gasteiger partial charge >= 0.3 is 0 Å². The predicted octanol–water partition coefficient (Wildman–Crippen LogP) is 4.11. The lowest BCUT2D eigenvalue weighted by Crippen LogP contribution is -2.15. The van der Waals surface area contributed by atoms with Crippen molar-refractivity contribution in [3.8, 4) is 5.69 Å². The fourth-order valence-corrected chi connectivity index (χ4v) is 2.87. The molecular formula is C21H17FN6O. The van der Waals surface area contributed by atoms with Crippen molar-refractivity contribution in [3.63, 3.8) is 0 Å². The smallest absolute Gasteiger partial charge is 0.257 e. The number of halogens is 1. The van der Waals surface area contributed by atoms with Crippen LogP contribution in [0.1, 0.15) is 16.2 Å². The third-order valence-electron chi connectivity index (χ3n) is 4.29. The Bertz CT molecular complexity index is 1160. The lowest BCUT2D eigenvalue weighted by Gasteiger charge is -2.13. The topological polar surface area (TPSA) is 84.7 Å². The minimum atomic E-state index is -0.554. The van der Waals surface area contributed by atoms with Crippen LogP contribution < -0.4 is 10.6 Å². The number of hydrogen-bond donors (Lipinski definition) is 2. The van der Waals surface area contributed by atoms with Crippen LogP contribution in [0.3, 0.4) is 0 Å². The van der Waals surface area contributed by atoms with Gasteiger partial charge in [-0.2, -0.15) is 4.68 Å². The molecule has 0 fully saturated rings. The van der Waals surface area contributed by atoms with Gasteiger partial charge in [0.25, 0.3) is 5.91 Å². The quantitative estimate of drug-likeness (QED) is 0.538. The lowest BCUT2D eigenvalue weighted by atomic mass is 10.1. The van der Waals surface area contributed by atoms with E-state index in [4.69, 9.17) is 0 Å². The average Bonchev–Trinajstić information content (AvgIpc) is 3.17. The van der Waals surface area contributed by atoms with E-state index in [9.17, 15) is 9.18 Å². The maximum atomic E-state index is 14.3. The molecule has 0 bridgehead atoms. The Morgan fingerprint density at radius 1 is 0.966 bits per heavy atom. The number of rotatable bonds is 5. The van der Waals surface area contributed by atoms with Gasteiger partial charge in [-0.15, -0.1) is 5.10 Å². The van der Waals surface area contributed by atoms with E-state index in [1.54, 1.807) is 31.2 Å². The molecule has 1 heterocycles. The number of amides is 1. The van der Waals surface area contributed by atoms with Gasteiger partial charge in [0, 0.05) is 5.69 Å². The second-order valence-electron chi connectivity index (χ2n) is 6.29. The van der Waals surface area contributed by atoms with Crippen LogP contribution in [0.4, 0.5) is 21.5 Å². The van der Waals surface area contributed by atoms with Crippen LogP contribution >= 0.6 is 0 Å². The molecule has 1 amide bonds. The first-order chi connectivity index (χ1) is 14.1. The van der Waals surface area contributed by atoms with Crippen LogP contribution in [-0.4, -0.2) is 26.1 Å². The average molecular weight is 388 g/mol. The minimum Gasteiger partial charge on any atom is -0.355 e. The van der Waals surface area contributed by atoms with E-state index in [0.717, 1.165) is 5.69 Å². The highest BCUT2D eigenvalue weighted by molar-refractivity contribution is 6.08. The number of tetrazole rings is 1. The number of hydrogen-bond acceptors (Lipinski definition) is 5. The second-order valence-corrected chi connectivity index (χ2v) is 6.29. The normalized spacial score (nSPS) is 10.6. The fourth-order valence-electron chi connectivity index (χ4n) is 2.87. The Labute approximate surface area is 166 Å². The molecule has 1 aromatic heterocycles. The highest BCUT2D eigenvalue weighted by Crippen LogP contribution is 2.24. The van der Waals surface area contributed by atoms with E-state index in [-0.39, 0.29) is 5.69 Å². The lowest BCUT2D eigenvalue weighted by molar-refractivity contribution is 0.102. The molecule has 4 aromatic rings. The van der Waals surface area contributed by atoms with Crippen molar-refractivity contribution in [1.29, 1.82) is 0 Å². The van der Waals surface area contributed by atoms with Gasteiger partial charge in [0.15, 0.2) is 5.82 Å². The number of nitrogens with one attached hydrogen (secondary N) is 2. The largest absolute Gasteiger partial charge is 0.355 e. The summed E-state index contributed by atoms with van der Waals surface area (Å²) in [5.74, 6) is -0.443. The molecule has 8 heteroatoms. The minimum absolute atomic E-state index is 0.0388. The molecule has 0 aliphatic heterocycles. The third kappa shape index (κ3) is 3.96. The molecule has 0 unspecified atom stereocenters. The van der Waals surface area contributed by atoms with E-state index < -0.39 is 11.7 Å². The summed E-state index contributed by atoms with van der Waals surface area (Å²) in [6, 6.07) is 20.8. The second kappa shape index (κ2) is 7.89. The predicted molar refractivity (Wildman–Crippen MR) is 108 cm³/mol. The molecule has 0 saturated carbocycles. The van der Waals surface area contributed by atoms with Crippen molar-refractivity contribution in [2.24, 2.45) is 0 Å². The number of aromatic nitrogens is 4. The number of para-hydroxylation sites is 2. The van der Waals surface area contributed by atoms with Crippen molar-refractivity contribution >= 4 is 23.0 Å². The Balaban J connectivity index is 1.61. The number of aryl methyl sites for hydroxylation is 1. The first kappa shape index (κ1) is 18.3. The van der Waals surface area contributed by atoms with Crippen molar-refractivity contribution in [1.82, 2.24) is 20.2 Å². The van der Waals surface area contributed by atoms with Crippen LogP contribution in [0.5, 0.6) is 0 Å².